The lowest BCUT2D eigenvalue weighted by molar-refractivity contribution is 0.832. The second-order valence-electron chi connectivity index (χ2n) is 3.82. The first-order valence-corrected chi connectivity index (χ1v) is 5.79. The third-order valence-corrected chi connectivity index (χ3v) is 2.99. The number of pyridine rings is 1. The van der Waals surface area contributed by atoms with Crippen molar-refractivity contribution < 1.29 is 0 Å². The van der Waals surface area contributed by atoms with Crippen LogP contribution in [-0.4, -0.2) is 14.8 Å². The van der Waals surface area contributed by atoms with E-state index >= 15 is 0 Å². The van der Waals surface area contributed by atoms with Crippen molar-refractivity contribution in [1.29, 1.82) is 0 Å². The molecule has 0 radical (unpaired) electrons. The zero-order valence-corrected chi connectivity index (χ0v) is 9.68. The molecule has 0 aliphatic heterocycles. The van der Waals surface area contributed by atoms with E-state index in [2.05, 4.69) is 32.1 Å². The number of hydrogen-bond acceptors (Lipinski definition) is 2. The van der Waals surface area contributed by atoms with Gasteiger partial charge in [-0.25, -0.2) is 4.68 Å². The maximum atomic E-state index is 4.54. The number of nitrogens with zero attached hydrogens (tertiary/aromatic N) is 3. The van der Waals surface area contributed by atoms with Crippen LogP contribution in [0.2, 0.25) is 0 Å². The normalized spacial score (nSPS) is 15.5. The van der Waals surface area contributed by atoms with Crippen LogP contribution >= 0.6 is 15.9 Å². The van der Waals surface area contributed by atoms with E-state index in [1.54, 1.807) is 6.20 Å². The van der Waals surface area contributed by atoms with Gasteiger partial charge in [0.15, 0.2) is 0 Å². The first kappa shape index (κ1) is 9.09. The molecule has 15 heavy (non-hydrogen) atoms. The van der Waals surface area contributed by atoms with Crippen molar-refractivity contribution in [3.8, 4) is 5.69 Å². The quantitative estimate of drug-likeness (QED) is 0.834. The highest BCUT2D eigenvalue weighted by atomic mass is 79.9. The second kappa shape index (κ2) is 3.45. The Labute approximate surface area is 96.3 Å². The summed E-state index contributed by atoms with van der Waals surface area (Å²) in [7, 11) is 0. The van der Waals surface area contributed by atoms with Gasteiger partial charge in [-0.1, -0.05) is 0 Å². The Morgan fingerprint density at radius 3 is 2.93 bits per heavy atom. The largest absolute Gasteiger partial charge is 0.261 e. The first-order chi connectivity index (χ1) is 7.33. The molecule has 0 unspecified atom stereocenters. The molecule has 1 aliphatic carbocycles. The van der Waals surface area contributed by atoms with Crippen LogP contribution in [0.5, 0.6) is 0 Å². The third-order valence-electron chi connectivity index (χ3n) is 2.56. The van der Waals surface area contributed by atoms with Gasteiger partial charge in [0.2, 0.25) is 0 Å². The minimum absolute atomic E-state index is 0.700. The van der Waals surface area contributed by atoms with Gasteiger partial charge in [0, 0.05) is 22.8 Å². The number of halogens is 1. The average molecular weight is 264 g/mol. The van der Waals surface area contributed by atoms with Crippen LogP contribution in [0.4, 0.5) is 0 Å². The summed E-state index contributed by atoms with van der Waals surface area (Å²) in [6, 6.07) is 4.11. The number of aromatic nitrogens is 3. The minimum Gasteiger partial charge on any atom is -0.261 e. The van der Waals surface area contributed by atoms with Crippen LogP contribution < -0.4 is 0 Å². The van der Waals surface area contributed by atoms with Gasteiger partial charge in [0.25, 0.3) is 0 Å². The van der Waals surface area contributed by atoms with Gasteiger partial charge < -0.3 is 0 Å². The Balaban J connectivity index is 1.97. The van der Waals surface area contributed by atoms with Crippen LogP contribution in [0, 0.1) is 0 Å². The molecule has 0 bridgehead atoms. The first-order valence-electron chi connectivity index (χ1n) is 4.99. The molecule has 2 aromatic heterocycles. The smallest absolute Gasteiger partial charge is 0.0840 e. The lowest BCUT2D eigenvalue weighted by Crippen LogP contribution is -1.96. The molecule has 76 valence electrons. The molecule has 4 heteroatoms. The third kappa shape index (κ3) is 1.81. The van der Waals surface area contributed by atoms with Crippen molar-refractivity contribution in [1.82, 2.24) is 14.8 Å². The van der Waals surface area contributed by atoms with Crippen molar-refractivity contribution >= 4 is 15.9 Å². The molecule has 2 aromatic rings. The maximum absolute atomic E-state index is 4.54. The van der Waals surface area contributed by atoms with Gasteiger partial charge in [0.05, 0.1) is 17.6 Å². The molecule has 0 N–H and O–H groups in total. The van der Waals surface area contributed by atoms with Crippen LogP contribution in [-0.2, 0) is 0 Å². The van der Waals surface area contributed by atoms with Crippen LogP contribution in [0.3, 0.4) is 0 Å². The summed E-state index contributed by atoms with van der Waals surface area (Å²) >= 11 is 3.40. The molecule has 0 amide bonds. The summed E-state index contributed by atoms with van der Waals surface area (Å²) < 4.78 is 2.86. The predicted molar refractivity (Wildman–Crippen MR) is 61.0 cm³/mol. The number of rotatable bonds is 2. The van der Waals surface area contributed by atoms with E-state index in [0.29, 0.717) is 5.92 Å². The SMILES string of the molecule is Brc1cncc(-n2ccc(C3CC3)n2)c1. The average Bonchev–Trinajstić information content (AvgIpc) is 2.97. The Kier molecular flexibility index (Phi) is 2.09. The Morgan fingerprint density at radius 1 is 1.33 bits per heavy atom. The molecule has 0 saturated heterocycles. The van der Waals surface area contributed by atoms with E-state index in [-0.39, 0.29) is 0 Å². The molecule has 1 saturated carbocycles. The topological polar surface area (TPSA) is 30.7 Å². The van der Waals surface area contributed by atoms with Crippen molar-refractivity contribution in [2.75, 3.05) is 0 Å². The van der Waals surface area contributed by atoms with Gasteiger partial charge in [0.1, 0.15) is 0 Å². The summed E-state index contributed by atoms with van der Waals surface area (Å²) in [5.41, 5.74) is 2.20. The summed E-state index contributed by atoms with van der Waals surface area (Å²) in [6.07, 6.45) is 8.15. The minimum atomic E-state index is 0.700. The lowest BCUT2D eigenvalue weighted by Gasteiger charge is -2.00. The maximum Gasteiger partial charge on any atom is 0.0840 e. The Morgan fingerprint density at radius 2 is 2.20 bits per heavy atom. The van der Waals surface area contributed by atoms with Gasteiger partial charge in [-0.15, -0.1) is 0 Å². The fourth-order valence-electron chi connectivity index (χ4n) is 1.60. The van der Waals surface area contributed by atoms with Crippen molar-refractivity contribution in [2.45, 2.75) is 18.8 Å². The van der Waals surface area contributed by atoms with Gasteiger partial charge in [-0.3, -0.25) is 4.98 Å². The van der Waals surface area contributed by atoms with E-state index in [9.17, 15) is 0 Å². The van der Waals surface area contributed by atoms with E-state index < -0.39 is 0 Å². The van der Waals surface area contributed by atoms with Crippen LogP contribution in [0.1, 0.15) is 24.5 Å². The van der Waals surface area contributed by atoms with Gasteiger partial charge in [-0.05, 0) is 40.9 Å². The molecule has 0 spiro atoms. The molecule has 2 heterocycles. The van der Waals surface area contributed by atoms with Crippen LogP contribution in [0.25, 0.3) is 5.69 Å². The zero-order valence-electron chi connectivity index (χ0n) is 8.10. The monoisotopic (exact) mass is 263 g/mol. The van der Waals surface area contributed by atoms with Crippen molar-refractivity contribution in [3.63, 3.8) is 0 Å². The molecular formula is C11H10BrN3. The Bertz CT molecular complexity index is 488. The highest BCUT2D eigenvalue weighted by molar-refractivity contribution is 9.10. The van der Waals surface area contributed by atoms with Gasteiger partial charge in [-0.2, -0.15) is 5.10 Å². The van der Waals surface area contributed by atoms with E-state index in [4.69, 9.17) is 0 Å². The summed E-state index contributed by atoms with van der Waals surface area (Å²) in [6.45, 7) is 0. The fraction of sp³-hybridized carbons (Fsp3) is 0.273. The highest BCUT2D eigenvalue weighted by Crippen LogP contribution is 2.39. The summed E-state index contributed by atoms with van der Waals surface area (Å²) in [5.74, 6) is 0.700. The molecule has 3 nitrogen and oxygen atoms in total. The summed E-state index contributed by atoms with van der Waals surface area (Å²) in [4.78, 5) is 4.12. The van der Waals surface area contributed by atoms with Crippen LogP contribution in [0.15, 0.2) is 35.2 Å². The Hall–Kier alpha value is -1.16. The van der Waals surface area contributed by atoms with E-state index in [1.807, 2.05) is 23.1 Å². The molecule has 1 fully saturated rings. The zero-order chi connectivity index (χ0) is 10.3. The predicted octanol–water partition coefficient (Wildman–Crippen LogP) is 2.91. The lowest BCUT2D eigenvalue weighted by atomic mass is 10.3. The van der Waals surface area contributed by atoms with Crippen molar-refractivity contribution in [3.05, 3.63) is 40.9 Å². The summed E-state index contributed by atoms with van der Waals surface area (Å²) in [5, 5.41) is 4.54. The van der Waals surface area contributed by atoms with E-state index in [0.717, 1.165) is 10.2 Å². The highest BCUT2D eigenvalue weighted by Gasteiger charge is 2.25. The molecule has 0 atom stereocenters. The second-order valence-corrected chi connectivity index (χ2v) is 4.74. The molecule has 3 rings (SSSR count). The molecular weight excluding hydrogens is 254 g/mol. The molecule has 0 aromatic carbocycles. The van der Waals surface area contributed by atoms with E-state index in [1.165, 1.54) is 18.5 Å². The van der Waals surface area contributed by atoms with Crippen molar-refractivity contribution in [2.24, 2.45) is 0 Å². The van der Waals surface area contributed by atoms with Gasteiger partial charge >= 0.3 is 0 Å². The fourth-order valence-corrected chi connectivity index (χ4v) is 1.96. The molecule has 1 aliphatic rings. The number of hydrogen-bond donors (Lipinski definition) is 0. The standard InChI is InChI=1S/C11H10BrN3/c12-9-5-10(7-13-6-9)15-4-3-11(14-15)8-1-2-8/h3-8H,1-2H2.